The van der Waals surface area contributed by atoms with E-state index in [9.17, 15) is 18.0 Å². The molecule has 0 aliphatic heterocycles. The van der Waals surface area contributed by atoms with Gasteiger partial charge in [0.05, 0.1) is 23.9 Å². The summed E-state index contributed by atoms with van der Waals surface area (Å²) in [5.74, 6) is -0.0414. The fraction of sp³-hybridized carbons (Fsp3) is 0.167. The first-order valence-electron chi connectivity index (χ1n) is 7.43. The van der Waals surface area contributed by atoms with Gasteiger partial charge in [-0.2, -0.15) is 13.2 Å². The molecule has 1 N–H and O–H groups in total. The second-order valence-corrected chi connectivity index (χ2v) is 5.48. The highest BCUT2D eigenvalue weighted by Crippen LogP contribution is 2.35. The molecule has 0 bridgehead atoms. The predicted molar refractivity (Wildman–Crippen MR) is 88.9 cm³/mol. The minimum atomic E-state index is -4.55. The molecule has 0 radical (unpaired) electrons. The fourth-order valence-electron chi connectivity index (χ4n) is 2.75. The number of carbonyl (C=O) groups excluding carboxylic acids is 1. The van der Waals surface area contributed by atoms with Crippen molar-refractivity contribution in [2.24, 2.45) is 7.05 Å². The number of ether oxygens (including phenoxy) is 1. The molecule has 3 aromatic rings. The molecular weight excluding hydrogens is 333 g/mol. The molecule has 0 spiro atoms. The largest absolute Gasteiger partial charge is 0.496 e. The van der Waals surface area contributed by atoms with Crippen LogP contribution in [0.4, 0.5) is 18.9 Å². The molecule has 130 valence electrons. The van der Waals surface area contributed by atoms with Crippen molar-refractivity contribution in [3.63, 3.8) is 0 Å². The summed E-state index contributed by atoms with van der Waals surface area (Å²) in [6.07, 6.45) is -4.55. The molecular formula is C18H15F3N2O2. The lowest BCUT2D eigenvalue weighted by atomic mass is 10.1. The van der Waals surface area contributed by atoms with Crippen molar-refractivity contribution >= 4 is 22.5 Å². The smallest absolute Gasteiger partial charge is 0.418 e. The van der Waals surface area contributed by atoms with E-state index in [1.54, 1.807) is 35.9 Å². The van der Waals surface area contributed by atoms with Crippen LogP contribution in [-0.4, -0.2) is 17.6 Å². The summed E-state index contributed by atoms with van der Waals surface area (Å²) in [6.45, 7) is 0. The summed E-state index contributed by atoms with van der Waals surface area (Å²) in [6, 6.07) is 11.8. The maximum atomic E-state index is 13.1. The molecule has 0 aliphatic rings. The van der Waals surface area contributed by atoms with Gasteiger partial charge in [-0.3, -0.25) is 4.79 Å². The molecule has 7 heteroatoms. The number of carbonyl (C=O) groups is 1. The number of nitrogens with zero attached hydrogens (tertiary/aromatic N) is 1. The number of benzene rings is 2. The SMILES string of the molecule is COc1cccc2c1cc(C(=O)Nc1ccccc1C(F)(F)F)n2C. The Hall–Kier alpha value is -2.96. The van der Waals surface area contributed by atoms with Crippen LogP contribution >= 0.6 is 0 Å². The lowest BCUT2D eigenvalue weighted by molar-refractivity contribution is -0.136. The van der Waals surface area contributed by atoms with Crippen molar-refractivity contribution in [2.45, 2.75) is 6.18 Å². The Labute approximate surface area is 141 Å². The fourth-order valence-corrected chi connectivity index (χ4v) is 2.75. The number of anilines is 1. The van der Waals surface area contributed by atoms with Gasteiger partial charge in [0.1, 0.15) is 11.4 Å². The number of fused-ring (bicyclic) bond motifs is 1. The van der Waals surface area contributed by atoms with Crippen molar-refractivity contribution in [1.82, 2.24) is 4.57 Å². The Balaban J connectivity index is 2.01. The lowest BCUT2D eigenvalue weighted by Gasteiger charge is -2.13. The highest BCUT2D eigenvalue weighted by molar-refractivity contribution is 6.07. The Morgan fingerprint density at radius 3 is 2.52 bits per heavy atom. The third kappa shape index (κ3) is 3.05. The maximum absolute atomic E-state index is 13.1. The van der Waals surface area contributed by atoms with Crippen molar-refractivity contribution in [2.75, 3.05) is 12.4 Å². The zero-order valence-corrected chi connectivity index (χ0v) is 13.5. The molecule has 0 saturated carbocycles. The maximum Gasteiger partial charge on any atom is 0.418 e. The van der Waals surface area contributed by atoms with Gasteiger partial charge in [0.25, 0.3) is 5.91 Å². The van der Waals surface area contributed by atoms with E-state index in [-0.39, 0.29) is 11.4 Å². The van der Waals surface area contributed by atoms with Crippen LogP contribution in [0.3, 0.4) is 0 Å². The number of alkyl halides is 3. The van der Waals surface area contributed by atoms with E-state index >= 15 is 0 Å². The molecule has 1 heterocycles. The summed E-state index contributed by atoms with van der Waals surface area (Å²) < 4.78 is 46.1. The van der Waals surface area contributed by atoms with Gasteiger partial charge in [0.15, 0.2) is 0 Å². The normalized spacial score (nSPS) is 11.6. The third-order valence-corrected chi connectivity index (χ3v) is 3.98. The minimum Gasteiger partial charge on any atom is -0.496 e. The number of rotatable bonds is 3. The molecule has 1 amide bonds. The number of methoxy groups -OCH3 is 1. The number of amides is 1. The van der Waals surface area contributed by atoms with Crippen molar-refractivity contribution in [3.8, 4) is 5.75 Å². The van der Waals surface area contributed by atoms with Crippen LogP contribution in [0.1, 0.15) is 16.1 Å². The Morgan fingerprint density at radius 2 is 1.84 bits per heavy atom. The van der Waals surface area contributed by atoms with Crippen LogP contribution in [0.15, 0.2) is 48.5 Å². The van der Waals surface area contributed by atoms with Crippen LogP contribution in [0.25, 0.3) is 10.9 Å². The van der Waals surface area contributed by atoms with Crippen LogP contribution in [-0.2, 0) is 13.2 Å². The van der Waals surface area contributed by atoms with E-state index in [0.717, 1.165) is 11.6 Å². The zero-order valence-electron chi connectivity index (χ0n) is 13.5. The highest BCUT2D eigenvalue weighted by Gasteiger charge is 2.33. The van der Waals surface area contributed by atoms with Crippen molar-refractivity contribution in [3.05, 3.63) is 59.8 Å². The molecule has 0 aliphatic carbocycles. The van der Waals surface area contributed by atoms with E-state index in [2.05, 4.69) is 5.32 Å². The van der Waals surface area contributed by atoms with Gasteiger partial charge in [-0.1, -0.05) is 18.2 Å². The molecule has 2 aromatic carbocycles. The number of nitrogens with one attached hydrogen (secondary N) is 1. The number of aromatic nitrogens is 1. The van der Waals surface area contributed by atoms with Gasteiger partial charge in [-0.25, -0.2) is 0 Å². The summed E-state index contributed by atoms with van der Waals surface area (Å²) in [7, 11) is 3.19. The van der Waals surface area contributed by atoms with E-state index in [1.807, 2.05) is 0 Å². The zero-order chi connectivity index (χ0) is 18.2. The first-order chi connectivity index (χ1) is 11.8. The van der Waals surface area contributed by atoms with E-state index in [4.69, 9.17) is 4.74 Å². The number of hydrogen-bond donors (Lipinski definition) is 1. The quantitative estimate of drug-likeness (QED) is 0.759. The van der Waals surface area contributed by atoms with Gasteiger partial charge >= 0.3 is 6.18 Å². The summed E-state index contributed by atoms with van der Waals surface area (Å²) >= 11 is 0. The van der Waals surface area contributed by atoms with Crippen molar-refractivity contribution in [1.29, 1.82) is 0 Å². The molecule has 1 aromatic heterocycles. The van der Waals surface area contributed by atoms with Gasteiger partial charge in [0, 0.05) is 12.4 Å². The minimum absolute atomic E-state index is 0.233. The molecule has 25 heavy (non-hydrogen) atoms. The van der Waals surface area contributed by atoms with Crippen LogP contribution in [0.2, 0.25) is 0 Å². The van der Waals surface area contributed by atoms with Crippen LogP contribution < -0.4 is 10.1 Å². The van der Waals surface area contributed by atoms with Crippen LogP contribution in [0, 0.1) is 0 Å². The first kappa shape index (κ1) is 16.9. The second kappa shape index (κ2) is 6.16. The Bertz CT molecular complexity index is 945. The average Bonchev–Trinajstić information content (AvgIpc) is 2.91. The predicted octanol–water partition coefficient (Wildman–Crippen LogP) is 4.46. The lowest BCUT2D eigenvalue weighted by Crippen LogP contribution is -2.18. The second-order valence-electron chi connectivity index (χ2n) is 5.48. The number of halogens is 3. The molecule has 0 atom stereocenters. The Morgan fingerprint density at radius 1 is 1.12 bits per heavy atom. The van der Waals surface area contributed by atoms with Gasteiger partial charge in [-0.15, -0.1) is 0 Å². The van der Waals surface area contributed by atoms with E-state index in [1.165, 1.54) is 25.3 Å². The number of aryl methyl sites for hydroxylation is 1. The molecule has 0 unspecified atom stereocenters. The molecule has 0 saturated heterocycles. The number of para-hydroxylation sites is 1. The highest BCUT2D eigenvalue weighted by atomic mass is 19.4. The van der Waals surface area contributed by atoms with Gasteiger partial charge < -0.3 is 14.6 Å². The van der Waals surface area contributed by atoms with Gasteiger partial charge in [0.2, 0.25) is 0 Å². The topological polar surface area (TPSA) is 43.3 Å². The third-order valence-electron chi connectivity index (χ3n) is 3.98. The number of hydrogen-bond acceptors (Lipinski definition) is 2. The van der Waals surface area contributed by atoms with Gasteiger partial charge in [-0.05, 0) is 30.3 Å². The first-order valence-corrected chi connectivity index (χ1v) is 7.43. The Kier molecular flexibility index (Phi) is 4.16. The average molecular weight is 348 g/mol. The monoisotopic (exact) mass is 348 g/mol. The molecule has 3 rings (SSSR count). The molecule has 0 fully saturated rings. The van der Waals surface area contributed by atoms with Crippen molar-refractivity contribution < 1.29 is 22.7 Å². The van der Waals surface area contributed by atoms with E-state index in [0.29, 0.717) is 11.1 Å². The van der Waals surface area contributed by atoms with Crippen LogP contribution in [0.5, 0.6) is 5.75 Å². The summed E-state index contributed by atoms with van der Waals surface area (Å²) in [5.41, 5.74) is -0.193. The summed E-state index contributed by atoms with van der Waals surface area (Å²) in [5, 5.41) is 3.06. The standard InChI is InChI=1S/C18H15F3N2O2/c1-23-14-8-5-9-16(25-2)11(14)10-15(23)17(24)22-13-7-4-3-6-12(13)18(19,20)21/h3-10H,1-2H3,(H,22,24). The summed E-state index contributed by atoms with van der Waals surface area (Å²) in [4.78, 5) is 12.5. The molecule has 4 nitrogen and oxygen atoms in total. The van der Waals surface area contributed by atoms with E-state index < -0.39 is 17.6 Å².